The molecule has 0 saturated carbocycles. The second kappa shape index (κ2) is 7.29. The van der Waals surface area contributed by atoms with Crippen LogP contribution in [-0.4, -0.2) is 19.7 Å². The van der Waals surface area contributed by atoms with Crippen LogP contribution in [0.25, 0.3) is 28.0 Å². The Hall–Kier alpha value is -3.26. The zero-order valence-electron chi connectivity index (χ0n) is 15.6. The van der Waals surface area contributed by atoms with Gasteiger partial charge < -0.3 is 5.73 Å². The van der Waals surface area contributed by atoms with Crippen molar-refractivity contribution in [3.8, 4) is 17.1 Å². The maximum absolute atomic E-state index is 13.0. The molecule has 8 heteroatoms. The molecule has 29 heavy (non-hydrogen) atoms. The van der Waals surface area contributed by atoms with Crippen LogP contribution in [-0.2, 0) is 6.18 Å². The van der Waals surface area contributed by atoms with Gasteiger partial charge in [0, 0.05) is 17.0 Å². The minimum atomic E-state index is -4.52. The number of nitrogens with zero attached hydrogens (tertiary/aromatic N) is 4. The van der Waals surface area contributed by atoms with E-state index in [0.29, 0.717) is 5.52 Å². The average Bonchev–Trinajstić information content (AvgIpc) is 3.16. The van der Waals surface area contributed by atoms with Gasteiger partial charge in [-0.2, -0.15) is 18.3 Å². The first kappa shape index (κ1) is 19.1. The van der Waals surface area contributed by atoms with Crippen molar-refractivity contribution in [2.24, 2.45) is 5.73 Å². The van der Waals surface area contributed by atoms with E-state index in [1.165, 1.54) is 16.8 Å². The Kier molecular flexibility index (Phi) is 4.79. The van der Waals surface area contributed by atoms with E-state index in [1.807, 2.05) is 43.3 Å². The van der Waals surface area contributed by atoms with E-state index < -0.39 is 11.9 Å². The minimum absolute atomic E-state index is 0.0988. The number of hydrogen-bond acceptors (Lipinski definition) is 4. The van der Waals surface area contributed by atoms with Crippen LogP contribution < -0.4 is 5.73 Å². The number of aromatic nitrogens is 4. The quantitative estimate of drug-likeness (QED) is 0.531. The van der Waals surface area contributed by atoms with Gasteiger partial charge in [-0.3, -0.25) is 4.98 Å². The zero-order valence-corrected chi connectivity index (χ0v) is 15.6. The van der Waals surface area contributed by atoms with Crippen LogP contribution in [0.2, 0.25) is 0 Å². The molecule has 0 aliphatic heterocycles. The van der Waals surface area contributed by atoms with Crippen molar-refractivity contribution < 1.29 is 13.2 Å². The maximum Gasteiger partial charge on any atom is 0.433 e. The highest BCUT2D eigenvalue weighted by Crippen LogP contribution is 2.29. The maximum atomic E-state index is 13.0. The zero-order chi connectivity index (χ0) is 20.6. The van der Waals surface area contributed by atoms with Gasteiger partial charge >= 0.3 is 6.18 Å². The number of rotatable bonds is 4. The van der Waals surface area contributed by atoms with Crippen LogP contribution in [0, 0.1) is 0 Å². The number of nitrogens with two attached hydrogens (primary N) is 1. The van der Waals surface area contributed by atoms with Gasteiger partial charge in [0.05, 0.1) is 23.1 Å². The smallest absolute Gasteiger partial charge is 0.323 e. The summed E-state index contributed by atoms with van der Waals surface area (Å²) in [4.78, 5) is 8.37. The number of halogens is 3. The highest BCUT2D eigenvalue weighted by atomic mass is 19.4. The second-order valence-corrected chi connectivity index (χ2v) is 6.67. The molecule has 148 valence electrons. The predicted molar refractivity (Wildman–Crippen MR) is 104 cm³/mol. The molecule has 1 aromatic carbocycles. The highest BCUT2D eigenvalue weighted by molar-refractivity contribution is 5.84. The first-order valence-electron chi connectivity index (χ1n) is 9.12. The summed E-state index contributed by atoms with van der Waals surface area (Å²) < 4.78 is 40.5. The van der Waals surface area contributed by atoms with E-state index in [9.17, 15) is 13.2 Å². The fourth-order valence-corrected chi connectivity index (χ4v) is 3.09. The lowest BCUT2D eigenvalue weighted by Crippen LogP contribution is -2.11. The summed E-state index contributed by atoms with van der Waals surface area (Å²) >= 11 is 0. The molecule has 0 bridgehead atoms. The van der Waals surface area contributed by atoms with Crippen LogP contribution in [0.3, 0.4) is 0 Å². The van der Waals surface area contributed by atoms with E-state index in [4.69, 9.17) is 5.73 Å². The van der Waals surface area contributed by atoms with Crippen molar-refractivity contribution >= 4 is 10.9 Å². The molecular formula is C21H18F3N5. The van der Waals surface area contributed by atoms with Crippen molar-refractivity contribution in [1.82, 2.24) is 19.7 Å². The minimum Gasteiger partial charge on any atom is -0.323 e. The molecule has 4 rings (SSSR count). The molecule has 0 fully saturated rings. The van der Waals surface area contributed by atoms with Gasteiger partial charge in [-0.1, -0.05) is 31.2 Å². The molecule has 0 spiro atoms. The monoisotopic (exact) mass is 397 g/mol. The topological polar surface area (TPSA) is 69.6 Å². The molecule has 2 N–H and O–H groups in total. The summed E-state index contributed by atoms with van der Waals surface area (Å²) in [6.45, 7) is 1.99. The van der Waals surface area contributed by atoms with Crippen molar-refractivity contribution in [3.05, 3.63) is 72.2 Å². The van der Waals surface area contributed by atoms with Crippen molar-refractivity contribution in [1.29, 1.82) is 0 Å². The molecule has 3 heterocycles. The molecule has 0 aliphatic rings. The third kappa shape index (κ3) is 3.71. The van der Waals surface area contributed by atoms with E-state index in [-0.39, 0.29) is 11.9 Å². The fraction of sp³-hybridized carbons (Fsp3) is 0.190. The predicted octanol–water partition coefficient (Wildman–Crippen LogP) is 4.91. The SMILES string of the molecule is CCC(N)c1cccc(-c2ccc3cnn(-c4cccc(C(F)(F)F)n4)c3c2)n1. The third-order valence-electron chi connectivity index (χ3n) is 4.70. The van der Waals surface area contributed by atoms with Gasteiger partial charge in [-0.05, 0) is 36.8 Å². The van der Waals surface area contributed by atoms with Gasteiger partial charge in [0.2, 0.25) is 0 Å². The van der Waals surface area contributed by atoms with Gasteiger partial charge in [-0.15, -0.1) is 0 Å². The molecule has 0 radical (unpaired) electrons. The summed E-state index contributed by atoms with van der Waals surface area (Å²) in [6, 6.07) is 14.8. The number of pyridine rings is 2. The largest absolute Gasteiger partial charge is 0.433 e. The summed E-state index contributed by atoms with van der Waals surface area (Å²) in [7, 11) is 0. The van der Waals surface area contributed by atoms with E-state index in [1.54, 1.807) is 6.20 Å². The second-order valence-electron chi connectivity index (χ2n) is 6.67. The van der Waals surface area contributed by atoms with Gasteiger partial charge in [0.15, 0.2) is 5.82 Å². The van der Waals surface area contributed by atoms with Crippen LogP contribution in [0.15, 0.2) is 60.8 Å². The molecule has 1 unspecified atom stereocenters. The molecule has 0 amide bonds. The van der Waals surface area contributed by atoms with E-state index >= 15 is 0 Å². The van der Waals surface area contributed by atoms with E-state index in [0.717, 1.165) is 34.8 Å². The van der Waals surface area contributed by atoms with Crippen molar-refractivity contribution in [2.75, 3.05) is 0 Å². The van der Waals surface area contributed by atoms with Crippen LogP contribution in [0.1, 0.15) is 30.8 Å². The third-order valence-corrected chi connectivity index (χ3v) is 4.70. The summed E-state index contributed by atoms with van der Waals surface area (Å²) in [5.74, 6) is 0.0988. The molecule has 5 nitrogen and oxygen atoms in total. The van der Waals surface area contributed by atoms with Crippen molar-refractivity contribution in [3.63, 3.8) is 0 Å². The Morgan fingerprint density at radius 1 is 1.03 bits per heavy atom. The Balaban J connectivity index is 1.80. The van der Waals surface area contributed by atoms with Gasteiger partial charge in [0.1, 0.15) is 5.69 Å². The standard InChI is InChI=1S/C21H18F3N5/c1-2-15(25)17-6-3-5-16(27-17)13-9-10-14-12-26-29(18(14)11-13)20-8-4-7-19(28-20)21(22,23)24/h3-12,15H,2,25H2,1H3. The molecular weight excluding hydrogens is 379 g/mol. The lowest BCUT2D eigenvalue weighted by molar-refractivity contribution is -0.141. The van der Waals surface area contributed by atoms with Crippen LogP contribution in [0.4, 0.5) is 13.2 Å². The van der Waals surface area contributed by atoms with Crippen LogP contribution >= 0.6 is 0 Å². The fourth-order valence-electron chi connectivity index (χ4n) is 3.09. The van der Waals surface area contributed by atoms with Gasteiger partial charge in [-0.25, -0.2) is 9.67 Å². The first-order chi connectivity index (χ1) is 13.9. The van der Waals surface area contributed by atoms with Crippen LogP contribution in [0.5, 0.6) is 0 Å². The number of hydrogen-bond donors (Lipinski definition) is 1. The highest BCUT2D eigenvalue weighted by Gasteiger charge is 2.32. The molecule has 1 atom stereocenters. The Morgan fingerprint density at radius 3 is 2.59 bits per heavy atom. The lowest BCUT2D eigenvalue weighted by atomic mass is 10.1. The van der Waals surface area contributed by atoms with Gasteiger partial charge in [0.25, 0.3) is 0 Å². The average molecular weight is 397 g/mol. The van der Waals surface area contributed by atoms with E-state index in [2.05, 4.69) is 15.1 Å². The first-order valence-corrected chi connectivity index (χ1v) is 9.12. The molecule has 3 aromatic heterocycles. The number of benzene rings is 1. The summed E-state index contributed by atoms with van der Waals surface area (Å²) in [5, 5.41) is 5.02. The Morgan fingerprint density at radius 2 is 1.83 bits per heavy atom. The lowest BCUT2D eigenvalue weighted by Gasteiger charge is -2.11. The summed E-state index contributed by atoms with van der Waals surface area (Å²) in [6.07, 6.45) is -2.16. The molecule has 0 saturated heterocycles. The number of alkyl halides is 3. The Bertz CT molecular complexity index is 1170. The molecule has 4 aromatic rings. The molecule has 0 aliphatic carbocycles. The Labute approximate surface area is 165 Å². The summed E-state index contributed by atoms with van der Waals surface area (Å²) in [5.41, 5.74) is 8.11. The van der Waals surface area contributed by atoms with Crippen molar-refractivity contribution in [2.45, 2.75) is 25.6 Å². The normalized spacial score (nSPS) is 13.0. The number of fused-ring (bicyclic) bond motifs is 1.